The summed E-state index contributed by atoms with van der Waals surface area (Å²) in [6.07, 6.45) is 0.543. The molecule has 2 aliphatic heterocycles. The second-order valence-electron chi connectivity index (χ2n) is 8.58. The molecule has 1 N–H and O–H groups in total. The van der Waals surface area contributed by atoms with Gasteiger partial charge in [-0.1, -0.05) is 53.5 Å². The minimum Gasteiger partial charge on any atom is -0.334 e. The smallest absolute Gasteiger partial charge is 0.238 e. The molecule has 2 heterocycles. The summed E-state index contributed by atoms with van der Waals surface area (Å²) in [4.78, 5) is 28.5. The Labute approximate surface area is 201 Å². The molecule has 3 unspecified atom stereocenters. The van der Waals surface area contributed by atoms with Crippen molar-refractivity contribution in [1.82, 2.24) is 4.90 Å². The SMILES string of the molecule is CC(=O)N1CCC(c2cccc(Cl)c2)C2(C(=O)Nc3cc(Cl)ccc32)C1c1cccc(F)c1. The lowest BCUT2D eigenvalue weighted by atomic mass is 9.58. The molecule has 0 radical (unpaired) electrons. The second-order valence-corrected chi connectivity index (χ2v) is 9.45. The highest BCUT2D eigenvalue weighted by Gasteiger charge is 2.62. The summed E-state index contributed by atoms with van der Waals surface area (Å²) < 4.78 is 14.4. The van der Waals surface area contributed by atoms with Crippen molar-refractivity contribution in [2.24, 2.45) is 0 Å². The molecule has 4 nitrogen and oxygen atoms in total. The molecule has 33 heavy (non-hydrogen) atoms. The summed E-state index contributed by atoms with van der Waals surface area (Å²) in [5.74, 6) is -1.15. The molecule has 3 aromatic carbocycles. The van der Waals surface area contributed by atoms with Gasteiger partial charge < -0.3 is 10.2 Å². The van der Waals surface area contributed by atoms with Gasteiger partial charge in [-0.15, -0.1) is 0 Å². The van der Waals surface area contributed by atoms with E-state index in [1.807, 2.05) is 24.3 Å². The number of hydrogen-bond donors (Lipinski definition) is 1. The molecule has 1 spiro atoms. The van der Waals surface area contributed by atoms with Crippen LogP contribution in [0.2, 0.25) is 10.0 Å². The molecule has 0 aromatic heterocycles. The number of hydrogen-bond acceptors (Lipinski definition) is 2. The number of nitrogens with one attached hydrogen (secondary N) is 1. The monoisotopic (exact) mass is 482 g/mol. The lowest BCUT2D eigenvalue weighted by Gasteiger charge is -2.51. The van der Waals surface area contributed by atoms with Crippen LogP contribution in [0.15, 0.2) is 66.7 Å². The lowest BCUT2D eigenvalue weighted by molar-refractivity contribution is -0.140. The highest BCUT2D eigenvalue weighted by molar-refractivity contribution is 6.31. The van der Waals surface area contributed by atoms with Crippen LogP contribution >= 0.6 is 23.2 Å². The van der Waals surface area contributed by atoms with E-state index in [0.717, 1.165) is 11.1 Å². The van der Waals surface area contributed by atoms with Gasteiger partial charge in [-0.05, 0) is 59.5 Å². The van der Waals surface area contributed by atoms with Crippen LogP contribution in [0.4, 0.5) is 10.1 Å². The Hall–Kier alpha value is -2.89. The highest BCUT2D eigenvalue weighted by atomic mass is 35.5. The largest absolute Gasteiger partial charge is 0.334 e. The van der Waals surface area contributed by atoms with E-state index in [-0.39, 0.29) is 17.7 Å². The van der Waals surface area contributed by atoms with Gasteiger partial charge in [-0.3, -0.25) is 9.59 Å². The molecular formula is C26H21Cl2FN2O2. The van der Waals surface area contributed by atoms with Gasteiger partial charge in [0.1, 0.15) is 11.2 Å². The van der Waals surface area contributed by atoms with Crippen molar-refractivity contribution >= 4 is 40.7 Å². The summed E-state index contributed by atoms with van der Waals surface area (Å²) >= 11 is 12.6. The number of benzene rings is 3. The predicted octanol–water partition coefficient (Wildman–Crippen LogP) is 6.10. The Kier molecular flexibility index (Phi) is 5.42. The number of carbonyl (C=O) groups is 2. The van der Waals surface area contributed by atoms with E-state index in [0.29, 0.717) is 34.3 Å². The molecule has 2 amide bonds. The van der Waals surface area contributed by atoms with E-state index in [1.54, 1.807) is 35.2 Å². The first-order valence-electron chi connectivity index (χ1n) is 10.7. The maximum Gasteiger partial charge on any atom is 0.238 e. The average Bonchev–Trinajstić information content (AvgIpc) is 3.04. The van der Waals surface area contributed by atoms with Gasteiger partial charge in [0.25, 0.3) is 0 Å². The van der Waals surface area contributed by atoms with Crippen LogP contribution in [0.3, 0.4) is 0 Å². The lowest BCUT2D eigenvalue weighted by Crippen LogP contribution is -2.57. The zero-order valence-corrected chi connectivity index (χ0v) is 19.3. The van der Waals surface area contributed by atoms with E-state index >= 15 is 0 Å². The average molecular weight is 483 g/mol. The minimum atomic E-state index is -1.19. The van der Waals surface area contributed by atoms with Crippen LogP contribution in [0.1, 0.15) is 42.0 Å². The Morgan fingerprint density at radius 3 is 2.48 bits per heavy atom. The number of halogens is 3. The maximum absolute atomic E-state index is 14.4. The summed E-state index contributed by atoms with van der Waals surface area (Å²) in [5.41, 5.74) is 1.61. The fraction of sp³-hybridized carbons (Fsp3) is 0.231. The number of nitrogens with zero attached hydrogens (tertiary/aromatic N) is 1. The van der Waals surface area contributed by atoms with Crippen LogP contribution in [0, 0.1) is 5.82 Å². The number of amides is 2. The van der Waals surface area contributed by atoms with Gasteiger partial charge in [0.05, 0.1) is 6.04 Å². The fourth-order valence-electron chi connectivity index (χ4n) is 5.62. The third-order valence-electron chi connectivity index (χ3n) is 6.82. The fourth-order valence-corrected chi connectivity index (χ4v) is 5.99. The predicted molar refractivity (Wildman–Crippen MR) is 127 cm³/mol. The van der Waals surface area contributed by atoms with Crippen molar-refractivity contribution in [3.8, 4) is 0 Å². The molecule has 2 aliphatic rings. The number of anilines is 1. The Balaban J connectivity index is 1.84. The van der Waals surface area contributed by atoms with Gasteiger partial charge in [0, 0.05) is 35.1 Å². The van der Waals surface area contributed by atoms with Gasteiger partial charge in [0.15, 0.2) is 0 Å². The molecule has 0 aliphatic carbocycles. The van der Waals surface area contributed by atoms with Gasteiger partial charge >= 0.3 is 0 Å². The summed E-state index contributed by atoms with van der Waals surface area (Å²) in [5, 5.41) is 4.06. The molecular weight excluding hydrogens is 462 g/mol. The van der Waals surface area contributed by atoms with Crippen LogP contribution < -0.4 is 5.32 Å². The van der Waals surface area contributed by atoms with Gasteiger partial charge in [-0.25, -0.2) is 4.39 Å². The molecule has 1 saturated heterocycles. The van der Waals surface area contributed by atoms with E-state index in [1.165, 1.54) is 19.1 Å². The van der Waals surface area contributed by atoms with Gasteiger partial charge in [-0.2, -0.15) is 0 Å². The Morgan fingerprint density at radius 1 is 1.03 bits per heavy atom. The van der Waals surface area contributed by atoms with Crippen LogP contribution in [-0.2, 0) is 15.0 Å². The quantitative estimate of drug-likeness (QED) is 0.479. The third kappa shape index (κ3) is 3.42. The van der Waals surface area contributed by atoms with Crippen molar-refractivity contribution in [2.45, 2.75) is 30.7 Å². The molecule has 7 heteroatoms. The normalized spacial score (nSPS) is 24.0. The molecule has 168 valence electrons. The van der Waals surface area contributed by atoms with E-state index in [2.05, 4.69) is 5.32 Å². The number of likely N-dealkylation sites (tertiary alicyclic amines) is 1. The van der Waals surface area contributed by atoms with E-state index < -0.39 is 17.3 Å². The zero-order chi connectivity index (χ0) is 23.3. The van der Waals surface area contributed by atoms with Crippen molar-refractivity contribution < 1.29 is 14.0 Å². The molecule has 1 fully saturated rings. The number of rotatable bonds is 2. The summed E-state index contributed by atoms with van der Waals surface area (Å²) in [7, 11) is 0. The molecule has 3 aromatic rings. The number of carbonyl (C=O) groups excluding carboxylic acids is 2. The van der Waals surface area contributed by atoms with Crippen molar-refractivity contribution in [3.63, 3.8) is 0 Å². The van der Waals surface area contributed by atoms with Crippen molar-refractivity contribution in [1.29, 1.82) is 0 Å². The zero-order valence-electron chi connectivity index (χ0n) is 17.8. The van der Waals surface area contributed by atoms with Crippen molar-refractivity contribution in [2.75, 3.05) is 11.9 Å². The first-order chi connectivity index (χ1) is 15.8. The topological polar surface area (TPSA) is 49.4 Å². The first-order valence-corrected chi connectivity index (χ1v) is 11.5. The first kappa shape index (κ1) is 21.9. The standard InChI is InChI=1S/C26H21Cl2FN2O2/c1-15(32)31-11-10-21(16-4-2-6-18(27)12-16)26(24(31)17-5-3-7-20(29)13-17)22-9-8-19(28)14-23(22)30-25(26)33/h2-9,12-14,21,24H,10-11H2,1H3,(H,30,33). The Morgan fingerprint density at radius 2 is 1.76 bits per heavy atom. The molecule has 0 bridgehead atoms. The van der Waals surface area contributed by atoms with Crippen LogP contribution in [-0.4, -0.2) is 23.3 Å². The summed E-state index contributed by atoms with van der Waals surface area (Å²) in [6.45, 7) is 1.90. The van der Waals surface area contributed by atoms with Gasteiger partial charge in [0.2, 0.25) is 11.8 Å². The van der Waals surface area contributed by atoms with Crippen LogP contribution in [0.25, 0.3) is 0 Å². The summed E-state index contributed by atoms with van der Waals surface area (Å²) in [6, 6.07) is 18.2. The van der Waals surface area contributed by atoms with E-state index in [4.69, 9.17) is 23.2 Å². The number of piperidine rings is 1. The number of fused-ring (bicyclic) bond motifs is 2. The third-order valence-corrected chi connectivity index (χ3v) is 7.29. The Bertz CT molecular complexity index is 1280. The van der Waals surface area contributed by atoms with Crippen LogP contribution in [0.5, 0.6) is 0 Å². The second kappa shape index (κ2) is 8.15. The minimum absolute atomic E-state index is 0.177. The van der Waals surface area contributed by atoms with E-state index in [9.17, 15) is 14.0 Å². The molecule has 0 saturated carbocycles. The maximum atomic E-state index is 14.4. The van der Waals surface area contributed by atoms with Crippen molar-refractivity contribution in [3.05, 3.63) is 99.3 Å². The molecule has 5 rings (SSSR count). The highest BCUT2D eigenvalue weighted by Crippen LogP contribution is 2.59. The molecule has 3 atom stereocenters.